The summed E-state index contributed by atoms with van der Waals surface area (Å²) < 4.78 is 63.3. The van der Waals surface area contributed by atoms with Gasteiger partial charge in [0, 0.05) is 52.0 Å². The fourth-order valence-electron chi connectivity index (χ4n) is 9.82. The smallest absolute Gasteiger partial charge is 0.264 e. The average Bonchev–Trinajstić information content (AvgIpc) is 1.08. The first-order valence-electron chi connectivity index (χ1n) is 27.7. The number of benzene rings is 6. The number of nitrogens with one attached hydrogen (secondary N) is 4. The summed E-state index contributed by atoms with van der Waals surface area (Å²) >= 11 is 0. The van der Waals surface area contributed by atoms with Crippen molar-refractivity contribution in [2.24, 2.45) is 0 Å². The lowest BCUT2D eigenvalue weighted by Gasteiger charge is -2.23. The molecule has 1 atom stereocenters. The summed E-state index contributed by atoms with van der Waals surface area (Å²) in [6, 6.07) is 47.7. The quantitative estimate of drug-likeness (QED) is 0.0491. The van der Waals surface area contributed by atoms with Crippen molar-refractivity contribution in [1.29, 1.82) is 0 Å². The molecule has 6 N–H and O–H groups in total. The summed E-state index contributed by atoms with van der Waals surface area (Å²) in [6.07, 6.45) is 23.8. The molecule has 12 nitrogen and oxygen atoms in total. The summed E-state index contributed by atoms with van der Waals surface area (Å²) in [5, 5.41) is 19.1. The fraction of sp³-hybridized carbons (Fsp3) is 0.0811. The zero-order valence-electron chi connectivity index (χ0n) is 47.9. The lowest BCUT2D eigenvalue weighted by molar-refractivity contribution is 0.0803. The minimum absolute atomic E-state index is 0.103. The van der Waals surface area contributed by atoms with Crippen LogP contribution in [-0.4, -0.2) is 43.4 Å². The Morgan fingerprint density at radius 1 is 0.433 bits per heavy atom. The van der Waals surface area contributed by atoms with Crippen molar-refractivity contribution in [3.63, 3.8) is 0 Å². The van der Waals surface area contributed by atoms with E-state index in [1.807, 2.05) is 49.4 Å². The first kappa shape index (κ1) is 62.5. The highest BCUT2D eigenvalue weighted by molar-refractivity contribution is 5.78. The molecule has 1 fully saturated rings. The molecule has 1 unspecified atom stereocenters. The zero-order chi connectivity index (χ0) is 64.0. The number of phenolic OH excluding ortho intramolecular Hbond substituents is 2. The molecule has 0 aliphatic carbocycles. The second-order valence-corrected chi connectivity index (χ2v) is 20.2. The van der Waals surface area contributed by atoms with E-state index in [1.165, 1.54) is 72.8 Å². The normalized spacial score (nSPS) is 12.2. The van der Waals surface area contributed by atoms with E-state index < -0.39 is 5.56 Å². The van der Waals surface area contributed by atoms with Gasteiger partial charge in [-0.05, 0) is 204 Å². The van der Waals surface area contributed by atoms with Crippen molar-refractivity contribution in [2.45, 2.75) is 25.7 Å². The molecular weight excluding hydrogens is 1150 g/mol. The molecule has 0 bridgehead atoms. The van der Waals surface area contributed by atoms with Crippen molar-refractivity contribution in [2.75, 3.05) is 13.2 Å². The Kier molecular flexibility index (Phi) is 19.7. The SMILES string of the molecule is C#Cc1c(-c2ccc(C)o2)cc(-c2ccc(F)cc2)[nH]c1=O.C#Cc1c(-c2ccc(O)c(O)c2)cc(-c2ccc(F)cc2)[nH]c1=O.C#Cc1c(-c2ccccc2)cc(-c2ccc(F)cc2)[nH]c1=O.C#Cc1c(C2CCCOC2)cc(-c2ccc(F)cc2)[nH]c1=O. The molecular formula is C74H52F4N4O8. The highest BCUT2D eigenvalue weighted by Crippen LogP contribution is 2.34. The first-order chi connectivity index (χ1) is 43.4. The van der Waals surface area contributed by atoms with E-state index in [4.69, 9.17) is 34.8 Å². The van der Waals surface area contributed by atoms with Gasteiger partial charge in [-0.25, -0.2) is 17.6 Å². The molecule has 12 rings (SSSR count). The van der Waals surface area contributed by atoms with Gasteiger partial charge in [0.25, 0.3) is 22.2 Å². The fourth-order valence-corrected chi connectivity index (χ4v) is 9.82. The van der Waals surface area contributed by atoms with Gasteiger partial charge < -0.3 is 39.3 Å². The number of hydrogen-bond donors (Lipinski definition) is 6. The predicted octanol–water partition coefficient (Wildman–Crippen LogP) is 13.9. The Bertz CT molecular complexity index is 4840. The van der Waals surface area contributed by atoms with Crippen LogP contribution in [-0.2, 0) is 4.74 Å². The third kappa shape index (κ3) is 14.8. The Morgan fingerprint density at radius 3 is 1.21 bits per heavy atom. The number of rotatable bonds is 8. The third-order valence-corrected chi connectivity index (χ3v) is 14.3. The maximum Gasteiger partial charge on any atom is 0.264 e. The Morgan fingerprint density at radius 2 is 0.822 bits per heavy atom. The van der Waals surface area contributed by atoms with Gasteiger partial charge in [-0.2, -0.15) is 0 Å². The van der Waals surface area contributed by atoms with Gasteiger partial charge in [-0.15, -0.1) is 25.7 Å². The molecule has 16 heteroatoms. The molecule has 1 saturated heterocycles. The number of terminal acetylenes is 4. The Labute approximate surface area is 513 Å². The molecule has 6 aromatic carbocycles. The van der Waals surface area contributed by atoms with Crippen LogP contribution in [0.4, 0.5) is 17.6 Å². The van der Waals surface area contributed by atoms with Crippen LogP contribution in [0.15, 0.2) is 206 Å². The van der Waals surface area contributed by atoms with Crippen molar-refractivity contribution in [3.05, 3.63) is 280 Å². The number of aromatic amines is 4. The minimum Gasteiger partial charge on any atom is -0.504 e. The van der Waals surface area contributed by atoms with Gasteiger partial charge in [0.05, 0.1) is 23.3 Å². The number of halogens is 4. The summed E-state index contributed by atoms with van der Waals surface area (Å²) in [5.74, 6) is 9.09. The predicted molar refractivity (Wildman–Crippen MR) is 341 cm³/mol. The van der Waals surface area contributed by atoms with Crippen LogP contribution in [0.3, 0.4) is 0 Å². The van der Waals surface area contributed by atoms with E-state index >= 15 is 0 Å². The largest absolute Gasteiger partial charge is 0.504 e. The van der Waals surface area contributed by atoms with E-state index in [1.54, 1.807) is 66.7 Å². The first-order valence-corrected chi connectivity index (χ1v) is 27.7. The standard InChI is InChI=1S/C19H12FNO3.C19H12FNO.C18H12FNO2.C18H16FNO2/c1-2-14-15(12-5-8-17(22)18(23)9-12)10-16(21-19(14)24)11-3-6-13(20)7-4-11;1-2-16-17(13-6-4-3-5-7-13)12-18(21-19(16)22)14-8-10-15(20)11-9-14;1-3-14-15(17-9-4-11(2)22-17)10-16(20-18(14)21)12-5-7-13(19)8-6-12;1-2-15-16(13-4-3-9-22-11-13)10-17(20-18(15)21)12-5-7-14(19)8-6-12/h1,3-10,22-23H,(H,21,24);1,3-12H,(H,21,22);1,4-10H,2H3,(H,20,21);1,5-8,10,13H,3-4,9,11H2,(H,20,21). The van der Waals surface area contributed by atoms with E-state index in [0.29, 0.717) is 74.1 Å². The molecule has 444 valence electrons. The zero-order valence-corrected chi connectivity index (χ0v) is 47.9. The highest BCUT2D eigenvalue weighted by atomic mass is 19.1. The van der Waals surface area contributed by atoms with Gasteiger partial charge in [-0.3, -0.25) is 19.2 Å². The molecule has 1 aliphatic heterocycles. The molecule has 6 heterocycles. The van der Waals surface area contributed by atoms with Gasteiger partial charge >= 0.3 is 0 Å². The van der Waals surface area contributed by atoms with E-state index in [2.05, 4.69) is 43.6 Å². The number of aromatic hydroxyl groups is 2. The molecule has 0 spiro atoms. The van der Waals surface area contributed by atoms with Gasteiger partial charge in [0.15, 0.2) is 11.5 Å². The van der Waals surface area contributed by atoms with E-state index in [9.17, 15) is 47.0 Å². The number of ether oxygens (including phenoxy) is 1. The van der Waals surface area contributed by atoms with Crippen LogP contribution >= 0.6 is 0 Å². The van der Waals surface area contributed by atoms with Gasteiger partial charge in [0.1, 0.15) is 40.4 Å². The molecule has 11 aromatic rings. The number of aryl methyl sites for hydroxylation is 1. The van der Waals surface area contributed by atoms with Crippen LogP contribution in [0.2, 0.25) is 0 Å². The number of phenols is 2. The topological polar surface area (TPSA) is 194 Å². The summed E-state index contributed by atoms with van der Waals surface area (Å²) in [5.41, 5.74) is 8.35. The lowest BCUT2D eigenvalue weighted by atomic mass is 9.90. The minimum atomic E-state index is -0.470. The van der Waals surface area contributed by atoms with Crippen LogP contribution in [0.25, 0.3) is 78.6 Å². The van der Waals surface area contributed by atoms with Crippen molar-refractivity contribution >= 4 is 0 Å². The van der Waals surface area contributed by atoms with Crippen molar-refractivity contribution in [1.82, 2.24) is 19.9 Å². The number of furan rings is 1. The number of aromatic nitrogens is 4. The number of H-pyrrole nitrogens is 4. The van der Waals surface area contributed by atoms with Gasteiger partial charge in [0.2, 0.25) is 0 Å². The van der Waals surface area contributed by atoms with Crippen LogP contribution in [0.5, 0.6) is 11.5 Å². The molecule has 5 aromatic heterocycles. The van der Waals surface area contributed by atoms with Crippen LogP contribution in [0.1, 0.15) is 52.3 Å². The van der Waals surface area contributed by atoms with E-state index in [0.717, 1.165) is 47.5 Å². The van der Waals surface area contributed by atoms with Crippen molar-refractivity contribution < 1.29 is 36.9 Å². The number of pyridine rings is 4. The van der Waals surface area contributed by atoms with Crippen LogP contribution in [0, 0.1) is 79.6 Å². The molecule has 0 saturated carbocycles. The molecule has 0 radical (unpaired) electrons. The molecule has 1 aliphatic rings. The van der Waals surface area contributed by atoms with Gasteiger partial charge in [-0.1, -0.05) is 60.1 Å². The number of hydrogen-bond acceptors (Lipinski definition) is 8. The Hall–Kier alpha value is -12.1. The second-order valence-electron chi connectivity index (χ2n) is 20.2. The lowest BCUT2D eigenvalue weighted by Crippen LogP contribution is -2.21. The molecule has 90 heavy (non-hydrogen) atoms. The monoisotopic (exact) mass is 1200 g/mol. The maximum atomic E-state index is 13.1. The Balaban J connectivity index is 0.000000142. The van der Waals surface area contributed by atoms with Crippen LogP contribution < -0.4 is 22.2 Å². The highest BCUT2D eigenvalue weighted by Gasteiger charge is 2.22. The summed E-state index contributed by atoms with van der Waals surface area (Å²) in [4.78, 5) is 59.9. The second kappa shape index (κ2) is 28.4. The molecule has 0 amide bonds. The third-order valence-electron chi connectivity index (χ3n) is 14.3. The van der Waals surface area contributed by atoms with Crippen molar-refractivity contribution in [3.8, 4) is 139 Å². The summed E-state index contributed by atoms with van der Waals surface area (Å²) in [6.45, 7) is 3.13. The maximum absolute atomic E-state index is 13.1. The summed E-state index contributed by atoms with van der Waals surface area (Å²) in [7, 11) is 0. The van der Waals surface area contributed by atoms with E-state index in [-0.39, 0.29) is 74.1 Å². The average molecular weight is 1200 g/mol.